The van der Waals surface area contributed by atoms with Gasteiger partial charge >= 0.3 is 0 Å². The summed E-state index contributed by atoms with van der Waals surface area (Å²) in [5, 5.41) is 12.8. The summed E-state index contributed by atoms with van der Waals surface area (Å²) in [5.74, 6) is -0.200. The van der Waals surface area contributed by atoms with Crippen molar-refractivity contribution in [1.82, 2.24) is 5.32 Å². The molecule has 0 aliphatic heterocycles. The number of rotatable bonds is 6. The van der Waals surface area contributed by atoms with Gasteiger partial charge in [0.25, 0.3) is 5.91 Å². The van der Waals surface area contributed by atoms with Gasteiger partial charge in [0.05, 0.1) is 6.10 Å². The van der Waals surface area contributed by atoms with Crippen molar-refractivity contribution in [2.24, 2.45) is 0 Å². The quantitative estimate of drug-likeness (QED) is 0.859. The molecule has 0 fully saturated rings. The van der Waals surface area contributed by atoms with Gasteiger partial charge in [0.1, 0.15) is 0 Å². The largest absolute Gasteiger partial charge is 0.388 e. The van der Waals surface area contributed by atoms with Crippen LogP contribution in [-0.2, 0) is 10.8 Å². The SMILES string of the molecule is CS(=O)c1ccc(C(=O)NCCC(O)c2ccccc2)cc1. The number of nitrogens with one attached hydrogen (secondary N) is 1. The molecule has 22 heavy (non-hydrogen) atoms. The van der Waals surface area contributed by atoms with Crippen LogP contribution in [0.25, 0.3) is 0 Å². The van der Waals surface area contributed by atoms with E-state index >= 15 is 0 Å². The lowest BCUT2D eigenvalue weighted by Gasteiger charge is -2.11. The van der Waals surface area contributed by atoms with Gasteiger partial charge in [-0.1, -0.05) is 30.3 Å². The van der Waals surface area contributed by atoms with E-state index in [1.807, 2.05) is 30.3 Å². The van der Waals surface area contributed by atoms with Crippen molar-refractivity contribution < 1.29 is 14.1 Å². The summed E-state index contributed by atoms with van der Waals surface area (Å²) in [6.45, 7) is 0.385. The molecular formula is C17H19NO3S. The zero-order chi connectivity index (χ0) is 15.9. The van der Waals surface area contributed by atoms with E-state index in [0.29, 0.717) is 23.4 Å². The first-order valence-electron chi connectivity index (χ1n) is 7.02. The maximum absolute atomic E-state index is 12.0. The van der Waals surface area contributed by atoms with E-state index in [-0.39, 0.29) is 5.91 Å². The van der Waals surface area contributed by atoms with Gasteiger partial charge in [0.2, 0.25) is 0 Å². The standard InChI is InChI=1S/C17H19NO3S/c1-22(21)15-9-7-14(8-10-15)17(20)18-12-11-16(19)13-5-3-2-4-6-13/h2-10,16,19H,11-12H2,1H3,(H,18,20). The summed E-state index contributed by atoms with van der Waals surface area (Å²) in [4.78, 5) is 12.7. The van der Waals surface area contributed by atoms with Gasteiger partial charge in [-0.2, -0.15) is 0 Å². The zero-order valence-electron chi connectivity index (χ0n) is 12.4. The molecule has 5 heteroatoms. The van der Waals surface area contributed by atoms with Crippen LogP contribution in [-0.4, -0.2) is 28.0 Å². The maximum atomic E-state index is 12.0. The van der Waals surface area contributed by atoms with Crippen LogP contribution >= 0.6 is 0 Å². The maximum Gasteiger partial charge on any atom is 0.251 e. The number of aliphatic hydroxyl groups is 1. The molecule has 0 spiro atoms. The first-order valence-corrected chi connectivity index (χ1v) is 8.58. The van der Waals surface area contributed by atoms with Crippen LogP contribution in [0.4, 0.5) is 0 Å². The van der Waals surface area contributed by atoms with E-state index in [0.717, 1.165) is 5.56 Å². The fourth-order valence-electron chi connectivity index (χ4n) is 2.06. The molecule has 2 aromatic carbocycles. The van der Waals surface area contributed by atoms with Crippen molar-refractivity contribution >= 4 is 16.7 Å². The molecule has 0 saturated carbocycles. The van der Waals surface area contributed by atoms with Crippen LogP contribution in [0.15, 0.2) is 59.5 Å². The molecule has 1 amide bonds. The number of benzene rings is 2. The smallest absolute Gasteiger partial charge is 0.251 e. The van der Waals surface area contributed by atoms with Gasteiger partial charge in [-0.05, 0) is 36.2 Å². The molecule has 2 unspecified atom stereocenters. The second-order valence-corrected chi connectivity index (χ2v) is 6.33. The summed E-state index contributed by atoms with van der Waals surface area (Å²) in [7, 11) is -1.05. The lowest BCUT2D eigenvalue weighted by Crippen LogP contribution is -2.25. The highest BCUT2D eigenvalue weighted by molar-refractivity contribution is 7.84. The molecule has 0 radical (unpaired) electrons. The van der Waals surface area contributed by atoms with E-state index < -0.39 is 16.9 Å². The normalized spacial score (nSPS) is 13.4. The minimum atomic E-state index is -1.05. The monoisotopic (exact) mass is 317 g/mol. The molecule has 0 bridgehead atoms. The molecule has 4 nitrogen and oxygen atoms in total. The van der Waals surface area contributed by atoms with Crippen LogP contribution in [0.1, 0.15) is 28.4 Å². The second-order valence-electron chi connectivity index (χ2n) is 4.95. The summed E-state index contributed by atoms with van der Waals surface area (Å²) < 4.78 is 11.3. The molecule has 116 valence electrons. The number of carbonyl (C=O) groups excluding carboxylic acids is 1. The topological polar surface area (TPSA) is 66.4 Å². The Morgan fingerprint density at radius 3 is 2.36 bits per heavy atom. The number of aliphatic hydroxyl groups excluding tert-OH is 1. The predicted molar refractivity (Wildman–Crippen MR) is 87.1 cm³/mol. The number of amides is 1. The van der Waals surface area contributed by atoms with Crippen molar-refractivity contribution in [3.8, 4) is 0 Å². The van der Waals surface area contributed by atoms with Crippen LogP contribution in [0, 0.1) is 0 Å². The van der Waals surface area contributed by atoms with Crippen molar-refractivity contribution in [3.63, 3.8) is 0 Å². The van der Waals surface area contributed by atoms with Gasteiger partial charge in [-0.3, -0.25) is 9.00 Å². The lowest BCUT2D eigenvalue weighted by molar-refractivity contribution is 0.0942. The van der Waals surface area contributed by atoms with Gasteiger partial charge in [-0.15, -0.1) is 0 Å². The Kier molecular flexibility index (Phi) is 5.86. The van der Waals surface area contributed by atoms with E-state index in [1.54, 1.807) is 30.5 Å². The Labute approximate surface area is 132 Å². The van der Waals surface area contributed by atoms with Gasteiger partial charge in [0.15, 0.2) is 0 Å². The van der Waals surface area contributed by atoms with Crippen molar-refractivity contribution in [1.29, 1.82) is 0 Å². The molecule has 2 atom stereocenters. The number of hydrogen-bond donors (Lipinski definition) is 2. The highest BCUT2D eigenvalue weighted by atomic mass is 32.2. The first kappa shape index (κ1) is 16.4. The van der Waals surface area contributed by atoms with E-state index in [2.05, 4.69) is 5.32 Å². The fourth-order valence-corrected chi connectivity index (χ4v) is 2.58. The average molecular weight is 317 g/mol. The third-order valence-electron chi connectivity index (χ3n) is 3.34. The fraction of sp³-hybridized carbons (Fsp3) is 0.235. The molecule has 0 aliphatic carbocycles. The highest BCUT2D eigenvalue weighted by Crippen LogP contribution is 2.15. The van der Waals surface area contributed by atoms with Crippen LogP contribution in [0.3, 0.4) is 0 Å². The minimum Gasteiger partial charge on any atom is -0.388 e. The van der Waals surface area contributed by atoms with Gasteiger partial charge < -0.3 is 10.4 Å². The molecule has 2 aromatic rings. The lowest BCUT2D eigenvalue weighted by atomic mass is 10.1. The summed E-state index contributed by atoms with van der Waals surface area (Å²) in [5.41, 5.74) is 1.36. The summed E-state index contributed by atoms with van der Waals surface area (Å²) in [6.07, 6.45) is 1.46. The molecular weight excluding hydrogens is 298 g/mol. The molecule has 0 heterocycles. The van der Waals surface area contributed by atoms with Crippen molar-refractivity contribution in [2.75, 3.05) is 12.8 Å². The Morgan fingerprint density at radius 1 is 1.14 bits per heavy atom. The van der Waals surface area contributed by atoms with E-state index in [4.69, 9.17) is 0 Å². The van der Waals surface area contributed by atoms with E-state index in [9.17, 15) is 14.1 Å². The van der Waals surface area contributed by atoms with Crippen LogP contribution in [0.5, 0.6) is 0 Å². The minimum absolute atomic E-state index is 0.200. The second kappa shape index (κ2) is 7.87. The summed E-state index contributed by atoms with van der Waals surface area (Å²) >= 11 is 0. The highest BCUT2D eigenvalue weighted by Gasteiger charge is 2.09. The van der Waals surface area contributed by atoms with E-state index in [1.165, 1.54) is 0 Å². The third-order valence-corrected chi connectivity index (χ3v) is 4.27. The molecule has 2 N–H and O–H groups in total. The summed E-state index contributed by atoms with van der Waals surface area (Å²) in [6, 6.07) is 16.0. The van der Waals surface area contributed by atoms with Crippen molar-refractivity contribution in [2.45, 2.75) is 17.4 Å². The molecule has 0 saturated heterocycles. The predicted octanol–water partition coefficient (Wildman–Crippen LogP) is 2.28. The third kappa shape index (κ3) is 4.51. The zero-order valence-corrected chi connectivity index (χ0v) is 13.2. The Morgan fingerprint density at radius 2 is 1.77 bits per heavy atom. The van der Waals surface area contributed by atoms with Crippen LogP contribution < -0.4 is 5.32 Å². The average Bonchev–Trinajstić information content (AvgIpc) is 2.55. The number of carbonyl (C=O) groups is 1. The van der Waals surface area contributed by atoms with Crippen molar-refractivity contribution in [3.05, 3.63) is 65.7 Å². The molecule has 0 aromatic heterocycles. The first-order chi connectivity index (χ1) is 10.6. The molecule has 2 rings (SSSR count). The number of hydrogen-bond acceptors (Lipinski definition) is 3. The molecule has 0 aliphatic rings. The Bertz CT molecular complexity index is 641. The Balaban J connectivity index is 1.84. The van der Waals surface area contributed by atoms with Gasteiger partial charge in [0, 0.05) is 34.1 Å². The van der Waals surface area contributed by atoms with Gasteiger partial charge in [-0.25, -0.2) is 0 Å². The Hall–Kier alpha value is -1.98. The van der Waals surface area contributed by atoms with Crippen LogP contribution in [0.2, 0.25) is 0 Å².